The first-order valence-corrected chi connectivity index (χ1v) is 9.89. The first-order chi connectivity index (χ1) is 11.4. The first kappa shape index (κ1) is 19.3. The van der Waals surface area contributed by atoms with Crippen molar-refractivity contribution in [2.24, 2.45) is 0 Å². The summed E-state index contributed by atoms with van der Waals surface area (Å²) < 4.78 is 11.5. The number of hydrogen-bond acceptors (Lipinski definition) is 4. The molecule has 0 aliphatic carbocycles. The van der Waals surface area contributed by atoms with Gasteiger partial charge in [0.2, 0.25) is 0 Å². The van der Waals surface area contributed by atoms with E-state index in [1.165, 1.54) is 11.3 Å². The molecule has 1 aliphatic heterocycles. The van der Waals surface area contributed by atoms with E-state index in [4.69, 9.17) is 9.47 Å². The molecular weight excluding hydrogens is 322 g/mol. The molecule has 0 radical (unpaired) electrons. The van der Waals surface area contributed by atoms with Crippen LogP contribution in [0.2, 0.25) is 0 Å². The van der Waals surface area contributed by atoms with E-state index >= 15 is 0 Å². The highest BCUT2D eigenvalue weighted by Gasteiger charge is 2.30. The predicted octanol–water partition coefficient (Wildman–Crippen LogP) is 5.40. The Morgan fingerprint density at radius 2 is 2.21 bits per heavy atom. The molecule has 1 aromatic rings. The number of carbonyl (C=O) groups is 1. The third-order valence-electron chi connectivity index (χ3n) is 4.25. The van der Waals surface area contributed by atoms with Crippen LogP contribution in [-0.2, 0) is 9.47 Å². The second-order valence-electron chi connectivity index (χ2n) is 7.49. The lowest BCUT2D eigenvalue weighted by Gasteiger charge is -2.37. The molecule has 2 rings (SSSR count). The van der Waals surface area contributed by atoms with E-state index in [0.717, 1.165) is 38.8 Å². The van der Waals surface area contributed by atoms with Crippen LogP contribution in [-0.4, -0.2) is 35.8 Å². The van der Waals surface area contributed by atoms with E-state index in [1.54, 1.807) is 11.3 Å². The number of nitrogens with zero attached hydrogens (tertiary/aromatic N) is 1. The molecule has 1 aliphatic rings. The van der Waals surface area contributed by atoms with Crippen LogP contribution in [0, 0.1) is 0 Å². The number of likely N-dealkylation sites (tertiary alicyclic amines) is 1. The fraction of sp³-hybridized carbons (Fsp3) is 0.737. The summed E-state index contributed by atoms with van der Waals surface area (Å²) in [7, 11) is 0. The molecule has 2 atom stereocenters. The molecule has 24 heavy (non-hydrogen) atoms. The SMILES string of the molecule is C[C@H](OCCC[C@H]1CCCCN1C(=O)OC(C)(C)C)c1cccs1. The van der Waals surface area contributed by atoms with Gasteiger partial charge in [0.25, 0.3) is 0 Å². The molecule has 1 aromatic heterocycles. The molecule has 0 spiro atoms. The van der Waals surface area contributed by atoms with E-state index in [2.05, 4.69) is 24.4 Å². The van der Waals surface area contributed by atoms with Gasteiger partial charge in [-0.3, -0.25) is 0 Å². The van der Waals surface area contributed by atoms with Gasteiger partial charge in [0.05, 0.1) is 6.10 Å². The van der Waals surface area contributed by atoms with Crippen LogP contribution >= 0.6 is 11.3 Å². The summed E-state index contributed by atoms with van der Waals surface area (Å²) in [6, 6.07) is 4.45. The van der Waals surface area contributed by atoms with Crippen molar-refractivity contribution in [1.82, 2.24) is 4.90 Å². The number of thiophene rings is 1. The minimum absolute atomic E-state index is 0.151. The summed E-state index contributed by atoms with van der Waals surface area (Å²) >= 11 is 1.73. The molecule has 5 heteroatoms. The van der Waals surface area contributed by atoms with Crippen LogP contribution in [0.5, 0.6) is 0 Å². The Morgan fingerprint density at radius 3 is 2.88 bits per heavy atom. The number of carbonyl (C=O) groups excluding carboxylic acids is 1. The van der Waals surface area contributed by atoms with Gasteiger partial charge < -0.3 is 14.4 Å². The molecule has 1 saturated heterocycles. The molecule has 0 aromatic carbocycles. The molecule has 0 unspecified atom stereocenters. The fourth-order valence-corrected chi connectivity index (χ4v) is 3.78. The Kier molecular flexibility index (Phi) is 7.11. The molecule has 1 amide bonds. The smallest absolute Gasteiger partial charge is 0.410 e. The number of amides is 1. The van der Waals surface area contributed by atoms with Crippen molar-refractivity contribution < 1.29 is 14.3 Å². The van der Waals surface area contributed by atoms with Crippen molar-refractivity contribution >= 4 is 17.4 Å². The van der Waals surface area contributed by atoms with Gasteiger partial charge in [-0.05, 0) is 71.2 Å². The number of rotatable bonds is 6. The topological polar surface area (TPSA) is 38.8 Å². The molecule has 0 bridgehead atoms. The van der Waals surface area contributed by atoms with Crippen molar-refractivity contribution in [2.75, 3.05) is 13.2 Å². The van der Waals surface area contributed by atoms with Crippen molar-refractivity contribution in [3.8, 4) is 0 Å². The maximum atomic E-state index is 12.4. The molecule has 0 saturated carbocycles. The highest BCUT2D eigenvalue weighted by molar-refractivity contribution is 7.10. The van der Waals surface area contributed by atoms with E-state index in [1.807, 2.05) is 25.7 Å². The maximum absolute atomic E-state index is 12.4. The summed E-state index contributed by atoms with van der Waals surface area (Å²) in [4.78, 5) is 15.6. The zero-order valence-corrected chi connectivity index (χ0v) is 16.2. The van der Waals surface area contributed by atoms with Crippen molar-refractivity contribution in [1.29, 1.82) is 0 Å². The van der Waals surface area contributed by atoms with Gasteiger partial charge in [-0.1, -0.05) is 6.07 Å². The van der Waals surface area contributed by atoms with E-state index in [9.17, 15) is 4.79 Å². The van der Waals surface area contributed by atoms with Crippen molar-refractivity contribution in [2.45, 2.75) is 77.5 Å². The van der Waals surface area contributed by atoms with Gasteiger partial charge in [-0.25, -0.2) is 4.79 Å². The average molecular weight is 354 g/mol. The van der Waals surface area contributed by atoms with Gasteiger partial charge in [0, 0.05) is 24.1 Å². The van der Waals surface area contributed by atoms with Crippen LogP contribution in [0.4, 0.5) is 4.79 Å². The summed E-state index contributed by atoms with van der Waals surface area (Å²) in [5, 5.41) is 2.08. The van der Waals surface area contributed by atoms with Crippen molar-refractivity contribution in [3.05, 3.63) is 22.4 Å². The molecule has 4 nitrogen and oxygen atoms in total. The quantitative estimate of drug-likeness (QED) is 0.643. The van der Waals surface area contributed by atoms with Gasteiger partial charge in [0.1, 0.15) is 5.60 Å². The van der Waals surface area contributed by atoms with Crippen LogP contribution in [0.3, 0.4) is 0 Å². The van der Waals surface area contributed by atoms with Gasteiger partial charge in [0.15, 0.2) is 0 Å². The third kappa shape index (κ3) is 6.10. The van der Waals surface area contributed by atoms with E-state index in [0.29, 0.717) is 0 Å². The summed E-state index contributed by atoms with van der Waals surface area (Å²) in [5.41, 5.74) is -0.432. The minimum Gasteiger partial charge on any atom is -0.444 e. The molecule has 136 valence electrons. The van der Waals surface area contributed by atoms with Crippen LogP contribution in [0.1, 0.15) is 70.8 Å². The molecule has 0 N–H and O–H groups in total. The zero-order valence-electron chi connectivity index (χ0n) is 15.4. The fourth-order valence-electron chi connectivity index (χ4n) is 3.05. The Morgan fingerprint density at radius 1 is 1.42 bits per heavy atom. The second-order valence-corrected chi connectivity index (χ2v) is 8.47. The molecule has 1 fully saturated rings. The Labute approximate surface area is 150 Å². The van der Waals surface area contributed by atoms with Crippen LogP contribution in [0.15, 0.2) is 17.5 Å². The first-order valence-electron chi connectivity index (χ1n) is 9.01. The number of hydrogen-bond donors (Lipinski definition) is 0. The summed E-state index contributed by atoms with van der Waals surface area (Å²) in [5.74, 6) is 0. The highest BCUT2D eigenvalue weighted by atomic mass is 32.1. The summed E-state index contributed by atoms with van der Waals surface area (Å²) in [6.07, 6.45) is 5.27. The zero-order chi connectivity index (χ0) is 17.6. The normalized spacial score (nSPS) is 20.0. The molecule has 2 heterocycles. The van der Waals surface area contributed by atoms with Crippen molar-refractivity contribution in [3.63, 3.8) is 0 Å². The minimum atomic E-state index is -0.432. The van der Waals surface area contributed by atoms with Crippen LogP contribution in [0.25, 0.3) is 0 Å². The number of piperidine rings is 1. The lowest BCUT2D eigenvalue weighted by molar-refractivity contribution is 0.00602. The maximum Gasteiger partial charge on any atom is 0.410 e. The van der Waals surface area contributed by atoms with E-state index in [-0.39, 0.29) is 18.2 Å². The highest BCUT2D eigenvalue weighted by Crippen LogP contribution is 2.25. The van der Waals surface area contributed by atoms with Gasteiger partial charge >= 0.3 is 6.09 Å². The lowest BCUT2D eigenvalue weighted by Crippen LogP contribution is -2.46. The van der Waals surface area contributed by atoms with Crippen LogP contribution < -0.4 is 0 Å². The lowest BCUT2D eigenvalue weighted by atomic mass is 9.98. The molecular formula is C19H31NO3S. The monoisotopic (exact) mass is 353 g/mol. The van der Waals surface area contributed by atoms with Gasteiger partial charge in [-0.15, -0.1) is 11.3 Å². The predicted molar refractivity (Wildman–Crippen MR) is 98.5 cm³/mol. The third-order valence-corrected chi connectivity index (χ3v) is 5.28. The average Bonchev–Trinajstić information content (AvgIpc) is 3.04. The Balaban J connectivity index is 1.75. The Hall–Kier alpha value is -1.07. The largest absolute Gasteiger partial charge is 0.444 e. The number of ether oxygens (including phenoxy) is 2. The standard InChI is InChI=1S/C19H31NO3S/c1-15(17-11-8-14-24-17)22-13-7-10-16-9-5-6-12-20(16)18(21)23-19(2,3)4/h8,11,14-16H,5-7,9-10,12-13H2,1-4H3/t15-,16+/m0/s1. The van der Waals surface area contributed by atoms with E-state index < -0.39 is 5.60 Å². The second kappa shape index (κ2) is 8.86. The summed E-state index contributed by atoms with van der Waals surface area (Å²) in [6.45, 7) is 9.40. The Bertz CT molecular complexity index is 495. The van der Waals surface area contributed by atoms with Gasteiger partial charge in [-0.2, -0.15) is 0 Å².